The molecule has 44 valence electrons. The summed E-state index contributed by atoms with van der Waals surface area (Å²) in [6.45, 7) is 2.23. The van der Waals surface area contributed by atoms with Crippen LogP contribution in [0.15, 0.2) is 0 Å². The Hall–Kier alpha value is -0.0800. The van der Waals surface area contributed by atoms with Crippen molar-refractivity contribution in [2.75, 3.05) is 6.61 Å². The van der Waals surface area contributed by atoms with Crippen LogP contribution in [0.25, 0.3) is 0 Å². The van der Waals surface area contributed by atoms with Gasteiger partial charge in [-0.05, 0) is 12.8 Å². The second-order valence-electron chi connectivity index (χ2n) is 1.68. The van der Waals surface area contributed by atoms with E-state index in [1.165, 1.54) is 0 Å². The highest BCUT2D eigenvalue weighted by atomic mass is 16.3. The van der Waals surface area contributed by atoms with Gasteiger partial charge in [0.1, 0.15) is 0 Å². The van der Waals surface area contributed by atoms with Gasteiger partial charge < -0.3 is 10.8 Å². The zero-order valence-electron chi connectivity index (χ0n) is 4.72. The molecule has 0 saturated carbocycles. The summed E-state index contributed by atoms with van der Waals surface area (Å²) in [5.74, 6) is 0. The Morgan fingerprint density at radius 1 is 1.71 bits per heavy atom. The van der Waals surface area contributed by atoms with E-state index in [0.717, 1.165) is 12.8 Å². The van der Waals surface area contributed by atoms with Crippen LogP contribution < -0.4 is 5.73 Å². The maximum absolute atomic E-state index is 8.29. The molecule has 0 saturated heterocycles. The molecule has 2 heteroatoms. The van der Waals surface area contributed by atoms with Gasteiger partial charge in [0.15, 0.2) is 0 Å². The standard InChI is InChI=1S/C5H13NO/c1-2-5(6)3-4-7/h5,7H,2-4,6H2,1H3/t5-/m1/s1. The number of nitrogens with two attached hydrogens (primary N) is 1. The van der Waals surface area contributed by atoms with E-state index < -0.39 is 0 Å². The Kier molecular flexibility index (Phi) is 4.04. The molecule has 0 aromatic heterocycles. The van der Waals surface area contributed by atoms with Crippen molar-refractivity contribution in [2.24, 2.45) is 5.73 Å². The van der Waals surface area contributed by atoms with Gasteiger partial charge in [0, 0.05) is 12.6 Å². The lowest BCUT2D eigenvalue weighted by Gasteiger charge is -2.02. The zero-order chi connectivity index (χ0) is 5.70. The lowest BCUT2D eigenvalue weighted by atomic mass is 10.2. The number of hydrogen-bond donors (Lipinski definition) is 2. The molecule has 0 spiro atoms. The van der Waals surface area contributed by atoms with E-state index in [-0.39, 0.29) is 12.6 Å². The second kappa shape index (κ2) is 4.09. The van der Waals surface area contributed by atoms with Crippen molar-refractivity contribution in [3.8, 4) is 0 Å². The van der Waals surface area contributed by atoms with E-state index in [9.17, 15) is 0 Å². The minimum absolute atomic E-state index is 0.199. The highest BCUT2D eigenvalue weighted by Crippen LogP contribution is 1.89. The molecule has 0 bridgehead atoms. The summed E-state index contributed by atoms with van der Waals surface area (Å²) in [5, 5.41) is 8.29. The van der Waals surface area contributed by atoms with Crippen molar-refractivity contribution >= 4 is 0 Å². The highest BCUT2D eigenvalue weighted by molar-refractivity contribution is 4.54. The van der Waals surface area contributed by atoms with Gasteiger partial charge in [-0.3, -0.25) is 0 Å². The fourth-order valence-electron chi connectivity index (χ4n) is 0.370. The summed E-state index contributed by atoms with van der Waals surface area (Å²) in [5.41, 5.74) is 5.42. The molecule has 0 aromatic carbocycles. The maximum atomic E-state index is 8.29. The first-order chi connectivity index (χ1) is 3.31. The van der Waals surface area contributed by atoms with Crippen LogP contribution >= 0.6 is 0 Å². The summed E-state index contributed by atoms with van der Waals surface area (Å²) in [6, 6.07) is 0.199. The van der Waals surface area contributed by atoms with E-state index in [4.69, 9.17) is 10.8 Å². The predicted octanol–water partition coefficient (Wildman–Crippen LogP) is 0.106. The first kappa shape index (κ1) is 6.92. The molecule has 0 unspecified atom stereocenters. The fourth-order valence-corrected chi connectivity index (χ4v) is 0.370. The smallest absolute Gasteiger partial charge is 0.0445 e. The molecule has 3 N–H and O–H groups in total. The molecule has 2 nitrogen and oxygen atoms in total. The Labute approximate surface area is 44.3 Å². The largest absolute Gasteiger partial charge is 0.396 e. The van der Waals surface area contributed by atoms with Gasteiger partial charge in [0.2, 0.25) is 0 Å². The number of aliphatic hydroxyl groups is 1. The van der Waals surface area contributed by atoms with Gasteiger partial charge in [0.25, 0.3) is 0 Å². The maximum Gasteiger partial charge on any atom is 0.0445 e. The summed E-state index contributed by atoms with van der Waals surface area (Å²) in [4.78, 5) is 0. The predicted molar refractivity (Wildman–Crippen MR) is 30.0 cm³/mol. The normalized spacial score (nSPS) is 14.1. The molecule has 0 fully saturated rings. The van der Waals surface area contributed by atoms with E-state index >= 15 is 0 Å². The summed E-state index contributed by atoms with van der Waals surface area (Å²) >= 11 is 0. The van der Waals surface area contributed by atoms with Crippen LogP contribution in [0.5, 0.6) is 0 Å². The van der Waals surface area contributed by atoms with E-state index in [2.05, 4.69) is 0 Å². The van der Waals surface area contributed by atoms with Crippen molar-refractivity contribution in [1.29, 1.82) is 0 Å². The third kappa shape index (κ3) is 3.76. The van der Waals surface area contributed by atoms with E-state index in [0.29, 0.717) is 0 Å². The average molecular weight is 103 g/mol. The monoisotopic (exact) mass is 103 g/mol. The average Bonchev–Trinajstić information content (AvgIpc) is 1.68. The molecule has 0 heterocycles. The quantitative estimate of drug-likeness (QED) is 0.532. The molecular formula is C5H13NO. The van der Waals surface area contributed by atoms with Gasteiger partial charge in [0.05, 0.1) is 0 Å². The Balaban J connectivity index is 2.83. The van der Waals surface area contributed by atoms with Crippen molar-refractivity contribution < 1.29 is 5.11 Å². The van der Waals surface area contributed by atoms with E-state index in [1.54, 1.807) is 0 Å². The molecule has 0 amide bonds. The SMILES string of the molecule is CC[C@@H](N)CCO. The van der Waals surface area contributed by atoms with Crippen molar-refractivity contribution in [2.45, 2.75) is 25.8 Å². The summed E-state index contributed by atoms with van der Waals surface area (Å²) < 4.78 is 0. The third-order valence-electron chi connectivity index (χ3n) is 1.02. The van der Waals surface area contributed by atoms with Crippen molar-refractivity contribution in [3.05, 3.63) is 0 Å². The molecule has 0 aliphatic heterocycles. The molecule has 0 rings (SSSR count). The van der Waals surface area contributed by atoms with Gasteiger partial charge in [-0.1, -0.05) is 6.92 Å². The molecule has 0 aliphatic carbocycles. The number of rotatable bonds is 3. The van der Waals surface area contributed by atoms with Crippen LogP contribution in [-0.2, 0) is 0 Å². The van der Waals surface area contributed by atoms with Crippen molar-refractivity contribution in [1.82, 2.24) is 0 Å². The first-order valence-corrected chi connectivity index (χ1v) is 2.67. The molecule has 0 radical (unpaired) electrons. The van der Waals surface area contributed by atoms with Gasteiger partial charge in [-0.25, -0.2) is 0 Å². The minimum Gasteiger partial charge on any atom is -0.396 e. The molecule has 1 atom stereocenters. The second-order valence-corrected chi connectivity index (χ2v) is 1.68. The minimum atomic E-state index is 0.199. The van der Waals surface area contributed by atoms with Crippen LogP contribution in [0.3, 0.4) is 0 Å². The van der Waals surface area contributed by atoms with Crippen molar-refractivity contribution in [3.63, 3.8) is 0 Å². The fraction of sp³-hybridized carbons (Fsp3) is 1.00. The Bertz CT molecular complexity index is 39.1. The third-order valence-corrected chi connectivity index (χ3v) is 1.02. The zero-order valence-corrected chi connectivity index (χ0v) is 4.72. The number of hydrogen-bond acceptors (Lipinski definition) is 2. The topological polar surface area (TPSA) is 46.2 Å². The summed E-state index contributed by atoms with van der Waals surface area (Å²) in [6.07, 6.45) is 1.69. The number of aliphatic hydroxyl groups excluding tert-OH is 1. The molecular weight excluding hydrogens is 90.1 g/mol. The van der Waals surface area contributed by atoms with Gasteiger partial charge in [-0.2, -0.15) is 0 Å². The van der Waals surface area contributed by atoms with Crippen LogP contribution in [0, 0.1) is 0 Å². The molecule has 0 aliphatic rings. The van der Waals surface area contributed by atoms with Crippen LogP contribution in [-0.4, -0.2) is 17.8 Å². The lowest BCUT2D eigenvalue weighted by molar-refractivity contribution is 0.274. The highest BCUT2D eigenvalue weighted by Gasteiger charge is 1.93. The summed E-state index contributed by atoms with van der Waals surface area (Å²) in [7, 11) is 0. The van der Waals surface area contributed by atoms with E-state index in [1.807, 2.05) is 6.92 Å². The molecule has 7 heavy (non-hydrogen) atoms. The van der Waals surface area contributed by atoms with Crippen LogP contribution in [0.4, 0.5) is 0 Å². The van der Waals surface area contributed by atoms with Crippen LogP contribution in [0.2, 0.25) is 0 Å². The van der Waals surface area contributed by atoms with Gasteiger partial charge in [-0.15, -0.1) is 0 Å². The molecule has 0 aromatic rings. The van der Waals surface area contributed by atoms with Crippen LogP contribution in [0.1, 0.15) is 19.8 Å². The van der Waals surface area contributed by atoms with Gasteiger partial charge >= 0.3 is 0 Å². The Morgan fingerprint density at radius 3 is 2.43 bits per heavy atom. The Morgan fingerprint density at radius 2 is 2.29 bits per heavy atom. The first-order valence-electron chi connectivity index (χ1n) is 2.67. The lowest BCUT2D eigenvalue weighted by Crippen LogP contribution is -2.19.